The first-order valence-corrected chi connectivity index (χ1v) is 8.18. The molecule has 2 aromatic rings. The zero-order chi connectivity index (χ0) is 17.6. The van der Waals surface area contributed by atoms with E-state index in [4.69, 9.17) is 0 Å². The maximum Gasteiger partial charge on any atom is 0.337 e. The van der Waals surface area contributed by atoms with Crippen LogP contribution in [-0.2, 0) is 9.53 Å². The van der Waals surface area contributed by atoms with E-state index in [1.165, 1.54) is 7.11 Å². The number of anilines is 2. The van der Waals surface area contributed by atoms with Gasteiger partial charge in [-0.15, -0.1) is 0 Å². The molecule has 0 saturated carbocycles. The Morgan fingerprint density at radius 2 is 1.76 bits per heavy atom. The van der Waals surface area contributed by atoms with Crippen molar-refractivity contribution in [1.29, 1.82) is 0 Å². The van der Waals surface area contributed by atoms with Crippen LogP contribution in [0.1, 0.15) is 23.2 Å². The fraction of sp³-hybridized carbons (Fsp3) is 0.333. The molecule has 1 aromatic carbocycles. The third kappa shape index (κ3) is 4.12. The summed E-state index contributed by atoms with van der Waals surface area (Å²) in [6, 6.07) is 8.47. The van der Waals surface area contributed by atoms with Crippen LogP contribution in [0.25, 0.3) is 0 Å². The first-order chi connectivity index (χ1) is 12.2. The lowest BCUT2D eigenvalue weighted by Crippen LogP contribution is -2.39. The second kappa shape index (κ2) is 7.74. The van der Waals surface area contributed by atoms with Crippen molar-refractivity contribution in [3.63, 3.8) is 0 Å². The van der Waals surface area contributed by atoms with Crippen molar-refractivity contribution in [2.45, 2.75) is 12.8 Å². The quantitative estimate of drug-likeness (QED) is 0.858. The molecule has 0 unspecified atom stereocenters. The Labute approximate surface area is 146 Å². The van der Waals surface area contributed by atoms with E-state index in [2.05, 4.69) is 24.9 Å². The molecule has 0 spiro atoms. The highest BCUT2D eigenvalue weighted by atomic mass is 16.5. The van der Waals surface area contributed by atoms with Gasteiger partial charge in [0.1, 0.15) is 0 Å². The van der Waals surface area contributed by atoms with Crippen LogP contribution >= 0.6 is 0 Å². The van der Waals surface area contributed by atoms with Crippen LogP contribution in [0.3, 0.4) is 0 Å². The summed E-state index contributed by atoms with van der Waals surface area (Å²) in [5, 5.41) is 2.91. The molecule has 0 aliphatic carbocycles. The third-order valence-corrected chi connectivity index (χ3v) is 4.27. The molecule has 2 heterocycles. The minimum atomic E-state index is -0.395. The lowest BCUT2D eigenvalue weighted by molar-refractivity contribution is -0.120. The second-order valence-electron chi connectivity index (χ2n) is 5.87. The van der Waals surface area contributed by atoms with Crippen LogP contribution < -0.4 is 10.2 Å². The molecule has 1 aromatic heterocycles. The molecule has 7 heteroatoms. The highest BCUT2D eigenvalue weighted by Gasteiger charge is 2.26. The number of hydrogen-bond donors (Lipinski definition) is 1. The summed E-state index contributed by atoms with van der Waals surface area (Å²) in [6.07, 6.45) is 4.95. The summed E-state index contributed by atoms with van der Waals surface area (Å²) < 4.78 is 4.66. The van der Waals surface area contributed by atoms with E-state index in [1.54, 1.807) is 42.7 Å². The van der Waals surface area contributed by atoms with Crippen molar-refractivity contribution in [2.75, 3.05) is 30.4 Å². The summed E-state index contributed by atoms with van der Waals surface area (Å²) >= 11 is 0. The standard InChI is InChI=1S/C18H20N4O3/c1-25-17(24)14-3-5-15(6-4-14)21-16(23)13-7-11-22(12-8-13)18-19-9-2-10-20-18/h2-6,9-10,13H,7-8,11-12H2,1H3,(H,21,23). The third-order valence-electron chi connectivity index (χ3n) is 4.27. The Balaban J connectivity index is 1.53. The molecule has 1 amide bonds. The predicted octanol–water partition coefficient (Wildman–Crippen LogP) is 2.12. The SMILES string of the molecule is COC(=O)c1ccc(NC(=O)C2CCN(c3ncccn3)CC2)cc1. The Morgan fingerprint density at radius 1 is 1.12 bits per heavy atom. The fourth-order valence-corrected chi connectivity index (χ4v) is 2.85. The van der Waals surface area contributed by atoms with Gasteiger partial charge < -0.3 is 15.0 Å². The lowest BCUT2D eigenvalue weighted by atomic mass is 9.96. The van der Waals surface area contributed by atoms with Crippen molar-refractivity contribution >= 4 is 23.5 Å². The van der Waals surface area contributed by atoms with Crippen LogP contribution in [0.2, 0.25) is 0 Å². The molecule has 0 bridgehead atoms. The first-order valence-electron chi connectivity index (χ1n) is 8.18. The van der Waals surface area contributed by atoms with Gasteiger partial charge >= 0.3 is 5.97 Å². The zero-order valence-corrected chi connectivity index (χ0v) is 14.0. The van der Waals surface area contributed by atoms with Crippen molar-refractivity contribution in [3.8, 4) is 0 Å². The van der Waals surface area contributed by atoms with Gasteiger partial charge in [-0.25, -0.2) is 14.8 Å². The number of nitrogens with one attached hydrogen (secondary N) is 1. The van der Waals surface area contributed by atoms with Crippen LogP contribution in [0, 0.1) is 5.92 Å². The minimum absolute atomic E-state index is 0.000511. The number of rotatable bonds is 4. The summed E-state index contributed by atoms with van der Waals surface area (Å²) in [5.41, 5.74) is 1.13. The molecule has 3 rings (SSSR count). The topological polar surface area (TPSA) is 84.4 Å². The van der Waals surface area contributed by atoms with E-state index >= 15 is 0 Å². The van der Waals surface area contributed by atoms with Gasteiger partial charge in [-0.3, -0.25) is 4.79 Å². The number of amides is 1. The van der Waals surface area contributed by atoms with Gasteiger partial charge in [-0.05, 0) is 43.2 Å². The van der Waals surface area contributed by atoms with E-state index in [-0.39, 0.29) is 11.8 Å². The average Bonchev–Trinajstić information content (AvgIpc) is 2.68. The summed E-state index contributed by atoms with van der Waals surface area (Å²) in [4.78, 5) is 34.4. The van der Waals surface area contributed by atoms with E-state index < -0.39 is 5.97 Å². The number of piperidine rings is 1. The molecule has 130 valence electrons. The first kappa shape index (κ1) is 16.9. The summed E-state index contributed by atoms with van der Waals surface area (Å²) in [6.45, 7) is 1.51. The Morgan fingerprint density at radius 3 is 2.36 bits per heavy atom. The average molecular weight is 340 g/mol. The van der Waals surface area contributed by atoms with Crippen molar-refractivity contribution < 1.29 is 14.3 Å². The van der Waals surface area contributed by atoms with Crippen molar-refractivity contribution in [2.24, 2.45) is 5.92 Å². The van der Waals surface area contributed by atoms with Gasteiger partial charge in [0.25, 0.3) is 0 Å². The van der Waals surface area contributed by atoms with E-state index in [1.807, 2.05) is 0 Å². The fourth-order valence-electron chi connectivity index (χ4n) is 2.85. The predicted molar refractivity (Wildman–Crippen MR) is 93.4 cm³/mol. The van der Waals surface area contributed by atoms with Crippen LogP contribution in [-0.4, -0.2) is 42.0 Å². The number of benzene rings is 1. The van der Waals surface area contributed by atoms with Crippen LogP contribution in [0.5, 0.6) is 0 Å². The Kier molecular flexibility index (Phi) is 5.23. The van der Waals surface area contributed by atoms with Gasteiger partial charge in [-0.2, -0.15) is 0 Å². The zero-order valence-electron chi connectivity index (χ0n) is 14.0. The van der Waals surface area contributed by atoms with E-state index in [0.29, 0.717) is 17.2 Å². The normalized spacial score (nSPS) is 14.8. The van der Waals surface area contributed by atoms with Crippen LogP contribution in [0.15, 0.2) is 42.7 Å². The molecule has 1 fully saturated rings. The maximum absolute atomic E-state index is 12.4. The number of ether oxygens (including phenoxy) is 1. The van der Waals surface area contributed by atoms with Gasteiger partial charge in [0.05, 0.1) is 12.7 Å². The molecule has 0 radical (unpaired) electrons. The lowest BCUT2D eigenvalue weighted by Gasteiger charge is -2.31. The van der Waals surface area contributed by atoms with E-state index in [0.717, 1.165) is 25.9 Å². The Bertz CT molecular complexity index is 726. The highest BCUT2D eigenvalue weighted by Crippen LogP contribution is 2.22. The number of carbonyl (C=O) groups excluding carboxylic acids is 2. The number of hydrogen-bond acceptors (Lipinski definition) is 6. The highest BCUT2D eigenvalue weighted by molar-refractivity contribution is 5.94. The van der Waals surface area contributed by atoms with Gasteiger partial charge in [0.2, 0.25) is 11.9 Å². The van der Waals surface area contributed by atoms with Gasteiger partial charge in [-0.1, -0.05) is 0 Å². The molecular formula is C18H20N4O3. The largest absolute Gasteiger partial charge is 0.465 e. The number of aromatic nitrogens is 2. The number of carbonyl (C=O) groups is 2. The molecule has 1 aliphatic rings. The van der Waals surface area contributed by atoms with Gasteiger partial charge in [0, 0.05) is 37.1 Å². The molecule has 0 atom stereocenters. The molecule has 1 saturated heterocycles. The summed E-state index contributed by atoms with van der Waals surface area (Å²) in [7, 11) is 1.34. The smallest absolute Gasteiger partial charge is 0.337 e. The minimum Gasteiger partial charge on any atom is -0.465 e. The van der Waals surface area contributed by atoms with Crippen molar-refractivity contribution in [1.82, 2.24) is 9.97 Å². The number of methoxy groups -OCH3 is 1. The van der Waals surface area contributed by atoms with Crippen LogP contribution in [0.4, 0.5) is 11.6 Å². The van der Waals surface area contributed by atoms with E-state index in [9.17, 15) is 9.59 Å². The van der Waals surface area contributed by atoms with Gasteiger partial charge in [0.15, 0.2) is 0 Å². The summed E-state index contributed by atoms with van der Waals surface area (Å²) in [5.74, 6) is 0.271. The maximum atomic E-state index is 12.4. The Hall–Kier alpha value is -2.96. The molecular weight excluding hydrogens is 320 g/mol. The van der Waals surface area contributed by atoms with Crippen molar-refractivity contribution in [3.05, 3.63) is 48.3 Å². The molecule has 1 aliphatic heterocycles. The monoisotopic (exact) mass is 340 g/mol. The molecule has 7 nitrogen and oxygen atoms in total. The molecule has 1 N–H and O–H groups in total. The number of nitrogens with zero attached hydrogens (tertiary/aromatic N) is 3. The number of esters is 1. The molecule has 25 heavy (non-hydrogen) atoms. The second-order valence-corrected chi connectivity index (χ2v) is 5.87.